The van der Waals surface area contributed by atoms with Crippen LogP contribution < -0.4 is 10.6 Å². The topological polar surface area (TPSA) is 41.6 Å². The molecule has 0 fully saturated rings. The van der Waals surface area contributed by atoms with E-state index in [0.717, 1.165) is 46.9 Å². The van der Waals surface area contributed by atoms with Crippen molar-refractivity contribution in [1.29, 1.82) is 0 Å². The Morgan fingerprint density at radius 3 is 2.71 bits per heavy atom. The lowest BCUT2D eigenvalue weighted by Crippen LogP contribution is -2.10. The molecule has 2 rings (SSSR count). The molecule has 1 aliphatic rings. The first-order chi connectivity index (χ1) is 10.0. The van der Waals surface area contributed by atoms with Crippen LogP contribution in [0.15, 0.2) is 51.5 Å². The first-order valence-electron chi connectivity index (χ1n) is 7.25. The molecule has 0 unspecified atom stereocenters. The summed E-state index contributed by atoms with van der Waals surface area (Å²) in [5.41, 5.74) is 11.2. The predicted molar refractivity (Wildman–Crippen MR) is 95.0 cm³/mol. The molecule has 0 saturated heterocycles. The first-order valence-corrected chi connectivity index (χ1v) is 7.70. The zero-order chi connectivity index (χ0) is 15.4. The third-order valence-electron chi connectivity index (χ3n) is 3.50. The summed E-state index contributed by atoms with van der Waals surface area (Å²) in [5, 5.41) is 0. The SMILES string of the molecule is CCCC1=CC(=Nc2ccc(N(C)C)cc2S)CC=C1N. The fourth-order valence-electron chi connectivity index (χ4n) is 2.29. The molecule has 112 valence electrons. The average molecular weight is 301 g/mol. The van der Waals surface area contributed by atoms with Crippen molar-refractivity contribution in [2.24, 2.45) is 10.7 Å². The molecule has 0 spiro atoms. The van der Waals surface area contributed by atoms with Crippen molar-refractivity contribution in [2.45, 2.75) is 31.1 Å². The molecule has 0 bridgehead atoms. The fourth-order valence-corrected chi connectivity index (χ4v) is 2.55. The monoisotopic (exact) mass is 301 g/mol. The highest BCUT2D eigenvalue weighted by atomic mass is 32.1. The van der Waals surface area contributed by atoms with Crippen LogP contribution in [-0.4, -0.2) is 19.8 Å². The van der Waals surface area contributed by atoms with Crippen LogP contribution in [0.3, 0.4) is 0 Å². The highest BCUT2D eigenvalue weighted by Gasteiger charge is 2.10. The summed E-state index contributed by atoms with van der Waals surface area (Å²) in [5.74, 6) is 0. The van der Waals surface area contributed by atoms with E-state index >= 15 is 0 Å². The Bertz CT molecular complexity index is 612. The van der Waals surface area contributed by atoms with Gasteiger partial charge in [0.05, 0.1) is 5.69 Å². The smallest absolute Gasteiger partial charge is 0.0767 e. The maximum Gasteiger partial charge on any atom is 0.0767 e. The van der Waals surface area contributed by atoms with Gasteiger partial charge in [-0.3, -0.25) is 4.99 Å². The molecule has 1 aliphatic carbocycles. The van der Waals surface area contributed by atoms with Crippen molar-refractivity contribution in [3.05, 3.63) is 41.6 Å². The molecule has 2 N–H and O–H groups in total. The van der Waals surface area contributed by atoms with Gasteiger partial charge in [0.2, 0.25) is 0 Å². The number of aliphatic imine (C=N–C) groups is 1. The Balaban J connectivity index is 2.28. The van der Waals surface area contributed by atoms with E-state index in [1.165, 1.54) is 5.57 Å². The summed E-state index contributed by atoms with van der Waals surface area (Å²) in [7, 11) is 4.03. The number of thiol groups is 1. The van der Waals surface area contributed by atoms with Crippen molar-refractivity contribution in [3.8, 4) is 0 Å². The molecule has 1 aromatic carbocycles. The zero-order valence-corrected chi connectivity index (χ0v) is 13.8. The minimum absolute atomic E-state index is 0.779. The minimum Gasteiger partial charge on any atom is -0.399 e. The molecule has 1 aromatic rings. The van der Waals surface area contributed by atoms with Gasteiger partial charge in [0.25, 0.3) is 0 Å². The van der Waals surface area contributed by atoms with E-state index in [1.807, 2.05) is 26.2 Å². The maximum absolute atomic E-state index is 6.02. The van der Waals surface area contributed by atoms with Gasteiger partial charge in [0.15, 0.2) is 0 Å². The molecule has 0 radical (unpaired) electrons. The highest BCUT2D eigenvalue weighted by molar-refractivity contribution is 7.80. The van der Waals surface area contributed by atoms with Gasteiger partial charge in [-0.1, -0.05) is 19.4 Å². The van der Waals surface area contributed by atoms with E-state index in [9.17, 15) is 0 Å². The van der Waals surface area contributed by atoms with E-state index in [0.29, 0.717) is 0 Å². The van der Waals surface area contributed by atoms with Crippen LogP contribution >= 0.6 is 12.6 Å². The fraction of sp³-hybridized carbons (Fsp3) is 0.353. The van der Waals surface area contributed by atoms with Gasteiger partial charge >= 0.3 is 0 Å². The Labute approximate surface area is 132 Å². The molecule has 0 aliphatic heterocycles. The Morgan fingerprint density at radius 2 is 2.10 bits per heavy atom. The van der Waals surface area contributed by atoms with E-state index < -0.39 is 0 Å². The van der Waals surface area contributed by atoms with E-state index in [-0.39, 0.29) is 0 Å². The first kappa shape index (κ1) is 15.7. The van der Waals surface area contributed by atoms with Gasteiger partial charge in [0, 0.05) is 42.5 Å². The van der Waals surface area contributed by atoms with Crippen LogP contribution in [0.1, 0.15) is 26.2 Å². The van der Waals surface area contributed by atoms with Crippen molar-refractivity contribution in [2.75, 3.05) is 19.0 Å². The summed E-state index contributed by atoms with van der Waals surface area (Å²) in [6.07, 6.45) is 7.03. The van der Waals surface area contributed by atoms with Gasteiger partial charge in [0.1, 0.15) is 0 Å². The number of allylic oxidation sites excluding steroid dienone is 3. The van der Waals surface area contributed by atoms with Gasteiger partial charge < -0.3 is 10.6 Å². The van der Waals surface area contributed by atoms with Gasteiger partial charge in [-0.15, -0.1) is 12.6 Å². The normalized spacial score (nSPS) is 16.7. The van der Waals surface area contributed by atoms with Crippen LogP contribution in [0.4, 0.5) is 11.4 Å². The maximum atomic E-state index is 6.02. The summed E-state index contributed by atoms with van der Waals surface area (Å²) in [6.45, 7) is 2.16. The highest BCUT2D eigenvalue weighted by Crippen LogP contribution is 2.29. The van der Waals surface area contributed by atoms with Crippen LogP contribution in [0.25, 0.3) is 0 Å². The summed E-state index contributed by atoms with van der Waals surface area (Å²) in [6, 6.07) is 6.11. The number of nitrogens with zero attached hydrogens (tertiary/aromatic N) is 2. The van der Waals surface area contributed by atoms with Crippen molar-refractivity contribution in [1.82, 2.24) is 0 Å². The van der Waals surface area contributed by atoms with Gasteiger partial charge in [-0.05, 0) is 36.3 Å². The Hall–Kier alpha value is -1.68. The molecule has 0 atom stereocenters. The number of hydrogen-bond acceptors (Lipinski definition) is 4. The van der Waals surface area contributed by atoms with Crippen molar-refractivity contribution in [3.63, 3.8) is 0 Å². The van der Waals surface area contributed by atoms with E-state index in [4.69, 9.17) is 10.7 Å². The molecule has 0 saturated carbocycles. The van der Waals surface area contributed by atoms with E-state index in [2.05, 4.69) is 42.7 Å². The van der Waals surface area contributed by atoms with Crippen molar-refractivity contribution >= 4 is 29.7 Å². The molecular weight excluding hydrogens is 278 g/mol. The second kappa shape index (κ2) is 6.85. The average Bonchev–Trinajstić information content (AvgIpc) is 2.44. The van der Waals surface area contributed by atoms with Crippen LogP contribution in [-0.2, 0) is 0 Å². The molecular formula is C17H23N3S. The second-order valence-electron chi connectivity index (χ2n) is 5.45. The van der Waals surface area contributed by atoms with Gasteiger partial charge in [-0.2, -0.15) is 0 Å². The lowest BCUT2D eigenvalue weighted by atomic mass is 9.98. The van der Waals surface area contributed by atoms with Gasteiger partial charge in [-0.25, -0.2) is 0 Å². The summed E-state index contributed by atoms with van der Waals surface area (Å²) >= 11 is 4.55. The number of anilines is 1. The lowest BCUT2D eigenvalue weighted by Gasteiger charge is -2.15. The third-order valence-corrected chi connectivity index (χ3v) is 3.86. The van der Waals surface area contributed by atoms with E-state index in [1.54, 1.807) is 0 Å². The van der Waals surface area contributed by atoms with Crippen LogP contribution in [0.5, 0.6) is 0 Å². The standard InChI is InChI=1S/C17H23N3S/c1-4-5-12-10-13(6-8-15(12)18)19-16-9-7-14(20(2)3)11-17(16)21/h7-11,21H,4-6,18H2,1-3H3. The molecule has 21 heavy (non-hydrogen) atoms. The zero-order valence-electron chi connectivity index (χ0n) is 12.9. The minimum atomic E-state index is 0.779. The molecule has 3 nitrogen and oxygen atoms in total. The quantitative estimate of drug-likeness (QED) is 0.823. The predicted octanol–water partition coefficient (Wildman–Crippen LogP) is 4.09. The number of nitrogens with two attached hydrogens (primary N) is 1. The molecule has 0 amide bonds. The second-order valence-corrected chi connectivity index (χ2v) is 5.94. The third kappa shape index (κ3) is 3.91. The molecule has 4 heteroatoms. The number of benzene rings is 1. The lowest BCUT2D eigenvalue weighted by molar-refractivity contribution is 0.903. The van der Waals surface area contributed by atoms with Crippen LogP contribution in [0, 0.1) is 0 Å². The Morgan fingerprint density at radius 1 is 1.33 bits per heavy atom. The Kier molecular flexibility index (Phi) is 5.12. The summed E-state index contributed by atoms with van der Waals surface area (Å²) in [4.78, 5) is 7.68. The van der Waals surface area contributed by atoms with Crippen LogP contribution in [0.2, 0.25) is 0 Å². The number of hydrogen-bond donors (Lipinski definition) is 2. The molecule has 0 aromatic heterocycles. The summed E-state index contributed by atoms with van der Waals surface area (Å²) < 4.78 is 0. The molecule has 0 heterocycles. The van der Waals surface area contributed by atoms with Crippen molar-refractivity contribution < 1.29 is 0 Å². The number of rotatable bonds is 4. The largest absolute Gasteiger partial charge is 0.399 e.